The van der Waals surface area contributed by atoms with Crippen LogP contribution in [0.2, 0.25) is 0 Å². The van der Waals surface area contributed by atoms with Crippen molar-refractivity contribution >= 4 is 0 Å². The van der Waals surface area contributed by atoms with Crippen LogP contribution in [0.5, 0.6) is 0 Å². The lowest BCUT2D eigenvalue weighted by atomic mass is 10.0. The van der Waals surface area contributed by atoms with Crippen molar-refractivity contribution in [3.8, 4) is 0 Å². The van der Waals surface area contributed by atoms with Gasteiger partial charge in [0.05, 0.1) is 19.8 Å². The van der Waals surface area contributed by atoms with Crippen molar-refractivity contribution in [1.29, 1.82) is 0 Å². The van der Waals surface area contributed by atoms with Crippen LogP contribution in [0.3, 0.4) is 0 Å². The molecule has 0 aliphatic heterocycles. The molecule has 2 N–H and O–H groups in total. The summed E-state index contributed by atoms with van der Waals surface area (Å²) in [5, 5.41) is 19.3. The molecule has 36 heavy (non-hydrogen) atoms. The van der Waals surface area contributed by atoms with Crippen molar-refractivity contribution in [2.45, 2.75) is 167 Å². The Morgan fingerprint density at radius 3 is 0.944 bits per heavy atom. The second-order valence-electron chi connectivity index (χ2n) is 10.7. The molecule has 0 amide bonds. The first-order chi connectivity index (χ1) is 17.8. The Morgan fingerprint density at radius 2 is 0.667 bits per heavy atom. The summed E-state index contributed by atoms with van der Waals surface area (Å²) in [5.74, 6) is 0. The zero-order chi connectivity index (χ0) is 26.2. The zero-order valence-electron chi connectivity index (χ0n) is 24.4. The molecule has 0 saturated carbocycles. The molecule has 5 heteroatoms. The SMILES string of the molecule is CCCCCCCCCCCCCCCCCCCCCCCCCN(OCCCO)OCCCO. The van der Waals surface area contributed by atoms with Crippen molar-refractivity contribution < 1.29 is 19.9 Å². The van der Waals surface area contributed by atoms with E-state index in [4.69, 9.17) is 19.9 Å². The van der Waals surface area contributed by atoms with E-state index in [9.17, 15) is 0 Å². The van der Waals surface area contributed by atoms with Crippen molar-refractivity contribution in [3.63, 3.8) is 0 Å². The van der Waals surface area contributed by atoms with E-state index < -0.39 is 0 Å². The van der Waals surface area contributed by atoms with Crippen molar-refractivity contribution in [3.05, 3.63) is 0 Å². The number of aliphatic hydroxyl groups is 2. The number of unbranched alkanes of at least 4 members (excludes halogenated alkanes) is 22. The van der Waals surface area contributed by atoms with Crippen LogP contribution >= 0.6 is 0 Å². The van der Waals surface area contributed by atoms with Gasteiger partial charge in [-0.3, -0.25) is 9.68 Å². The van der Waals surface area contributed by atoms with Crippen LogP contribution in [0.15, 0.2) is 0 Å². The molecule has 0 aromatic heterocycles. The Kier molecular flexibility index (Phi) is 32.6. The van der Waals surface area contributed by atoms with Crippen LogP contribution in [-0.4, -0.2) is 48.4 Å². The number of nitrogens with zero attached hydrogens (tertiary/aromatic N) is 1. The summed E-state index contributed by atoms with van der Waals surface area (Å²) in [6.07, 6.45) is 33.4. The highest BCUT2D eigenvalue weighted by Crippen LogP contribution is 2.15. The topological polar surface area (TPSA) is 62.2 Å². The van der Waals surface area contributed by atoms with E-state index >= 15 is 0 Å². The van der Waals surface area contributed by atoms with Crippen LogP contribution < -0.4 is 0 Å². The predicted octanol–water partition coefficient (Wildman–Crippen LogP) is 8.91. The Hall–Kier alpha value is -0.200. The van der Waals surface area contributed by atoms with E-state index in [1.165, 1.54) is 141 Å². The highest BCUT2D eigenvalue weighted by molar-refractivity contribution is 4.51. The Morgan fingerprint density at radius 1 is 0.389 bits per heavy atom. The molecule has 0 rings (SSSR count). The van der Waals surface area contributed by atoms with Gasteiger partial charge in [0.15, 0.2) is 0 Å². The monoisotopic (exact) mass is 515 g/mol. The smallest absolute Gasteiger partial charge is 0.0733 e. The fraction of sp³-hybridized carbons (Fsp3) is 1.00. The highest BCUT2D eigenvalue weighted by Gasteiger charge is 2.06. The number of hydroxylamine groups is 2. The van der Waals surface area contributed by atoms with Gasteiger partial charge < -0.3 is 10.2 Å². The molecule has 0 bridgehead atoms. The van der Waals surface area contributed by atoms with E-state index in [1.807, 2.05) is 0 Å². The van der Waals surface area contributed by atoms with E-state index in [2.05, 4.69) is 6.92 Å². The summed E-state index contributed by atoms with van der Waals surface area (Å²) in [6, 6.07) is 0. The number of aliphatic hydroxyl groups excluding tert-OH is 2. The average Bonchev–Trinajstić information content (AvgIpc) is 2.89. The molecular weight excluding hydrogens is 450 g/mol. The summed E-state index contributed by atoms with van der Waals surface area (Å²) >= 11 is 0. The minimum absolute atomic E-state index is 0.129. The van der Waals surface area contributed by atoms with E-state index in [-0.39, 0.29) is 13.2 Å². The molecule has 5 nitrogen and oxygen atoms in total. The largest absolute Gasteiger partial charge is 0.396 e. The lowest BCUT2D eigenvalue weighted by molar-refractivity contribution is -0.369. The molecule has 0 aliphatic carbocycles. The lowest BCUT2D eigenvalue weighted by Crippen LogP contribution is -2.27. The van der Waals surface area contributed by atoms with Crippen molar-refractivity contribution in [2.75, 3.05) is 33.0 Å². The van der Waals surface area contributed by atoms with Crippen LogP contribution in [0.25, 0.3) is 0 Å². The Balaban J connectivity index is 3.26. The molecule has 0 fully saturated rings. The van der Waals surface area contributed by atoms with Gasteiger partial charge in [-0.05, 0) is 19.3 Å². The second kappa shape index (κ2) is 32.8. The van der Waals surface area contributed by atoms with E-state index in [0.717, 1.165) is 13.0 Å². The van der Waals surface area contributed by atoms with Gasteiger partial charge >= 0.3 is 0 Å². The number of hydrogen-bond acceptors (Lipinski definition) is 5. The van der Waals surface area contributed by atoms with Gasteiger partial charge in [0, 0.05) is 13.2 Å². The van der Waals surface area contributed by atoms with Gasteiger partial charge in [0.2, 0.25) is 0 Å². The predicted molar refractivity (Wildman–Crippen MR) is 154 cm³/mol. The first kappa shape index (κ1) is 35.8. The van der Waals surface area contributed by atoms with Crippen molar-refractivity contribution in [1.82, 2.24) is 5.23 Å². The summed E-state index contributed by atoms with van der Waals surface area (Å²) in [5.41, 5.74) is 0. The molecule has 0 unspecified atom stereocenters. The number of rotatable bonds is 32. The maximum absolute atomic E-state index is 8.89. The molecule has 0 aromatic rings. The van der Waals surface area contributed by atoms with E-state index in [1.54, 1.807) is 5.23 Å². The van der Waals surface area contributed by atoms with Gasteiger partial charge in [-0.15, -0.1) is 0 Å². The molecule has 0 heterocycles. The normalized spacial score (nSPS) is 11.7. The van der Waals surface area contributed by atoms with Crippen molar-refractivity contribution in [2.24, 2.45) is 0 Å². The quantitative estimate of drug-likeness (QED) is 0.0691. The Bertz CT molecular complexity index is 374. The molecule has 0 radical (unpaired) electrons. The van der Waals surface area contributed by atoms with Gasteiger partial charge in [-0.1, -0.05) is 153 Å². The van der Waals surface area contributed by atoms with Crippen LogP contribution in [0.4, 0.5) is 0 Å². The minimum Gasteiger partial charge on any atom is -0.396 e. The van der Waals surface area contributed by atoms with Gasteiger partial charge in [0.25, 0.3) is 0 Å². The standard InChI is InChI=1S/C31H65NO4/c1-2-3-4-5-6-7-8-9-10-11-12-13-14-15-16-17-18-19-20-21-22-23-24-27-32(35-30-25-28-33)36-31-26-29-34/h33-34H,2-31H2,1H3. The first-order valence-electron chi connectivity index (χ1n) is 16.1. The maximum atomic E-state index is 8.89. The zero-order valence-corrected chi connectivity index (χ0v) is 24.4. The molecule has 0 spiro atoms. The molecule has 0 saturated heterocycles. The first-order valence-corrected chi connectivity index (χ1v) is 16.1. The summed E-state index contributed by atoms with van der Waals surface area (Å²) in [4.78, 5) is 11.1. The molecular formula is C31H65NO4. The van der Waals surface area contributed by atoms with Crippen LogP contribution in [-0.2, 0) is 9.68 Å². The van der Waals surface area contributed by atoms with Crippen LogP contribution in [0.1, 0.15) is 167 Å². The average molecular weight is 516 g/mol. The summed E-state index contributed by atoms with van der Waals surface area (Å²) in [6.45, 7) is 4.23. The van der Waals surface area contributed by atoms with Gasteiger partial charge in [-0.2, -0.15) is 0 Å². The fourth-order valence-electron chi connectivity index (χ4n) is 4.65. The lowest BCUT2D eigenvalue weighted by Gasteiger charge is -2.20. The summed E-state index contributed by atoms with van der Waals surface area (Å²) in [7, 11) is 0. The molecule has 218 valence electrons. The second-order valence-corrected chi connectivity index (χ2v) is 10.7. The third kappa shape index (κ3) is 30.0. The molecule has 0 atom stereocenters. The molecule has 0 aromatic carbocycles. The van der Waals surface area contributed by atoms with Crippen LogP contribution in [0, 0.1) is 0 Å². The number of hydrogen-bond donors (Lipinski definition) is 2. The third-order valence-electron chi connectivity index (χ3n) is 7.02. The van der Waals surface area contributed by atoms with Gasteiger partial charge in [0.1, 0.15) is 0 Å². The maximum Gasteiger partial charge on any atom is 0.0733 e. The van der Waals surface area contributed by atoms with Gasteiger partial charge in [-0.25, -0.2) is 0 Å². The van der Waals surface area contributed by atoms with E-state index in [0.29, 0.717) is 26.1 Å². The Labute approximate surface area is 225 Å². The summed E-state index contributed by atoms with van der Waals surface area (Å²) < 4.78 is 0. The third-order valence-corrected chi connectivity index (χ3v) is 7.02. The minimum atomic E-state index is 0.129. The molecule has 0 aliphatic rings. The highest BCUT2D eigenvalue weighted by atomic mass is 16.9. The fourth-order valence-corrected chi connectivity index (χ4v) is 4.65.